The number of benzene rings is 1. The molecule has 1 amide bonds. The van der Waals surface area contributed by atoms with Crippen LogP contribution in [0.25, 0.3) is 0 Å². The van der Waals surface area contributed by atoms with Crippen LogP contribution in [-0.4, -0.2) is 45.1 Å². The smallest absolute Gasteiger partial charge is 0.243 e. The first-order chi connectivity index (χ1) is 9.91. The molecule has 6 nitrogen and oxygen atoms in total. The first kappa shape index (κ1) is 15.3. The van der Waals surface area contributed by atoms with Crippen LogP contribution in [0.2, 0.25) is 0 Å². The van der Waals surface area contributed by atoms with Crippen molar-refractivity contribution in [3.8, 4) is 6.07 Å². The van der Waals surface area contributed by atoms with Gasteiger partial charge in [0.05, 0.1) is 23.6 Å². The van der Waals surface area contributed by atoms with Gasteiger partial charge in [0.25, 0.3) is 0 Å². The molecule has 1 aromatic rings. The topological polar surface area (TPSA) is 81.5 Å². The first-order valence-electron chi connectivity index (χ1n) is 6.67. The van der Waals surface area contributed by atoms with Crippen LogP contribution in [0.15, 0.2) is 24.3 Å². The van der Waals surface area contributed by atoms with Gasteiger partial charge in [-0.3, -0.25) is 9.10 Å². The number of likely N-dealkylation sites (tertiary alicyclic amines) is 1. The highest BCUT2D eigenvalue weighted by atomic mass is 32.2. The number of carbonyl (C=O) groups excluding carboxylic acids is 1. The molecule has 21 heavy (non-hydrogen) atoms. The van der Waals surface area contributed by atoms with Gasteiger partial charge in [0.1, 0.15) is 6.54 Å². The lowest BCUT2D eigenvalue weighted by Gasteiger charge is -2.24. The quantitative estimate of drug-likeness (QED) is 0.829. The second-order valence-electron chi connectivity index (χ2n) is 5.02. The molecule has 7 heteroatoms. The lowest BCUT2D eigenvalue weighted by atomic mass is 10.2. The van der Waals surface area contributed by atoms with Crippen LogP contribution in [-0.2, 0) is 14.8 Å². The minimum absolute atomic E-state index is 0.208. The number of nitriles is 1. The zero-order chi connectivity index (χ0) is 15.5. The van der Waals surface area contributed by atoms with E-state index in [4.69, 9.17) is 5.26 Å². The van der Waals surface area contributed by atoms with E-state index in [1.165, 1.54) is 6.07 Å². The Bertz CT molecular complexity index is 673. The summed E-state index contributed by atoms with van der Waals surface area (Å²) in [6, 6.07) is 8.21. The molecule has 2 rings (SSSR count). The van der Waals surface area contributed by atoms with Gasteiger partial charge in [-0.15, -0.1) is 0 Å². The molecule has 1 fully saturated rings. The summed E-state index contributed by atoms with van der Waals surface area (Å²) in [5.41, 5.74) is 0.693. The Morgan fingerprint density at radius 1 is 1.38 bits per heavy atom. The van der Waals surface area contributed by atoms with Crippen LogP contribution in [0.5, 0.6) is 0 Å². The number of carbonyl (C=O) groups is 1. The highest BCUT2D eigenvalue weighted by molar-refractivity contribution is 7.92. The van der Waals surface area contributed by atoms with Crippen molar-refractivity contribution < 1.29 is 13.2 Å². The van der Waals surface area contributed by atoms with E-state index >= 15 is 0 Å². The molecule has 0 unspecified atom stereocenters. The molecule has 1 aliphatic heterocycles. The molecule has 0 atom stereocenters. The molecule has 1 aliphatic rings. The van der Waals surface area contributed by atoms with Gasteiger partial charge in [-0.2, -0.15) is 5.26 Å². The summed E-state index contributed by atoms with van der Waals surface area (Å²) in [5.74, 6) is -0.208. The van der Waals surface area contributed by atoms with Crippen molar-refractivity contribution in [3.63, 3.8) is 0 Å². The van der Waals surface area contributed by atoms with Crippen LogP contribution in [0, 0.1) is 11.3 Å². The standard InChI is InChI=1S/C14H17N3O3S/c1-21(19,20)17(11-14(18)16-7-2-3-8-16)13-6-4-5-12(9-13)10-15/h4-6,9H,2-3,7-8,11H2,1H3. The van der Waals surface area contributed by atoms with Crippen LogP contribution in [0.4, 0.5) is 5.69 Å². The van der Waals surface area contributed by atoms with Gasteiger partial charge in [0.2, 0.25) is 15.9 Å². The van der Waals surface area contributed by atoms with E-state index in [-0.39, 0.29) is 12.5 Å². The summed E-state index contributed by atoms with van der Waals surface area (Å²) >= 11 is 0. The minimum atomic E-state index is -3.59. The minimum Gasteiger partial charge on any atom is -0.341 e. The van der Waals surface area contributed by atoms with Gasteiger partial charge in [0.15, 0.2) is 0 Å². The molecule has 0 aliphatic carbocycles. The van der Waals surface area contributed by atoms with E-state index in [2.05, 4.69) is 0 Å². The third-order valence-corrected chi connectivity index (χ3v) is 4.54. The zero-order valence-electron chi connectivity index (χ0n) is 11.8. The average molecular weight is 307 g/mol. The highest BCUT2D eigenvalue weighted by Crippen LogP contribution is 2.19. The lowest BCUT2D eigenvalue weighted by Crippen LogP contribution is -2.41. The molecule has 0 spiro atoms. The number of nitrogens with zero attached hydrogens (tertiary/aromatic N) is 3. The molecular formula is C14H17N3O3S. The summed E-state index contributed by atoms with van der Waals surface area (Å²) < 4.78 is 25.0. The molecule has 1 heterocycles. The highest BCUT2D eigenvalue weighted by Gasteiger charge is 2.25. The molecule has 0 radical (unpaired) electrons. The summed E-state index contributed by atoms with van der Waals surface area (Å²) in [5, 5.41) is 8.91. The van der Waals surface area contributed by atoms with Crippen molar-refractivity contribution in [2.45, 2.75) is 12.8 Å². The van der Waals surface area contributed by atoms with E-state index < -0.39 is 10.0 Å². The van der Waals surface area contributed by atoms with E-state index in [0.717, 1.165) is 23.4 Å². The number of amides is 1. The van der Waals surface area contributed by atoms with Crippen LogP contribution >= 0.6 is 0 Å². The molecule has 0 N–H and O–H groups in total. The fourth-order valence-corrected chi connectivity index (χ4v) is 3.16. The third kappa shape index (κ3) is 3.73. The van der Waals surface area contributed by atoms with Crippen molar-refractivity contribution in [1.29, 1.82) is 5.26 Å². The Balaban J connectivity index is 2.26. The van der Waals surface area contributed by atoms with E-state index in [1.807, 2.05) is 6.07 Å². The second-order valence-corrected chi connectivity index (χ2v) is 6.93. The van der Waals surface area contributed by atoms with E-state index in [9.17, 15) is 13.2 Å². The number of sulfonamides is 1. The van der Waals surface area contributed by atoms with Crippen molar-refractivity contribution >= 4 is 21.6 Å². The normalized spacial score (nSPS) is 14.8. The maximum atomic E-state index is 12.2. The third-order valence-electron chi connectivity index (χ3n) is 3.40. The van der Waals surface area contributed by atoms with Gasteiger partial charge in [-0.1, -0.05) is 6.07 Å². The number of anilines is 1. The van der Waals surface area contributed by atoms with E-state index in [0.29, 0.717) is 24.3 Å². The second kappa shape index (κ2) is 6.14. The fourth-order valence-electron chi connectivity index (χ4n) is 2.32. The van der Waals surface area contributed by atoms with Crippen LogP contribution < -0.4 is 4.31 Å². The SMILES string of the molecule is CS(=O)(=O)N(CC(=O)N1CCCC1)c1cccc(C#N)c1. The van der Waals surface area contributed by atoms with Gasteiger partial charge in [0, 0.05) is 13.1 Å². The number of hydrogen-bond acceptors (Lipinski definition) is 4. The Hall–Kier alpha value is -2.07. The van der Waals surface area contributed by atoms with Crippen LogP contribution in [0.3, 0.4) is 0 Å². The van der Waals surface area contributed by atoms with E-state index in [1.54, 1.807) is 23.1 Å². The maximum Gasteiger partial charge on any atom is 0.243 e. The molecule has 1 aromatic carbocycles. The van der Waals surface area contributed by atoms with Gasteiger partial charge >= 0.3 is 0 Å². The summed E-state index contributed by atoms with van der Waals surface area (Å²) in [6.45, 7) is 1.12. The Morgan fingerprint density at radius 2 is 2.05 bits per heavy atom. The largest absolute Gasteiger partial charge is 0.341 e. The van der Waals surface area contributed by atoms with Gasteiger partial charge in [-0.25, -0.2) is 8.42 Å². The Labute approximate surface area is 124 Å². The van der Waals surface area contributed by atoms with Crippen molar-refractivity contribution in [3.05, 3.63) is 29.8 Å². The zero-order valence-corrected chi connectivity index (χ0v) is 12.6. The van der Waals surface area contributed by atoms with Crippen LogP contribution in [0.1, 0.15) is 18.4 Å². The van der Waals surface area contributed by atoms with Gasteiger partial charge in [-0.05, 0) is 31.0 Å². The predicted octanol–water partition coefficient (Wildman–Crippen LogP) is 0.947. The Morgan fingerprint density at radius 3 is 2.62 bits per heavy atom. The molecule has 0 saturated carbocycles. The van der Waals surface area contributed by atoms with Crippen molar-refractivity contribution in [2.24, 2.45) is 0 Å². The average Bonchev–Trinajstić information content (AvgIpc) is 2.97. The lowest BCUT2D eigenvalue weighted by molar-refractivity contribution is -0.128. The number of rotatable bonds is 4. The fraction of sp³-hybridized carbons (Fsp3) is 0.429. The summed E-state index contributed by atoms with van der Waals surface area (Å²) in [4.78, 5) is 13.9. The van der Waals surface area contributed by atoms with Crippen molar-refractivity contribution in [1.82, 2.24) is 4.90 Å². The molecule has 1 saturated heterocycles. The molecule has 0 bridgehead atoms. The van der Waals surface area contributed by atoms with Crippen molar-refractivity contribution in [2.75, 3.05) is 30.2 Å². The van der Waals surface area contributed by atoms with Gasteiger partial charge < -0.3 is 4.90 Å². The molecule has 0 aromatic heterocycles. The maximum absolute atomic E-state index is 12.2. The number of hydrogen-bond donors (Lipinski definition) is 0. The summed E-state index contributed by atoms with van der Waals surface area (Å²) in [7, 11) is -3.59. The first-order valence-corrected chi connectivity index (χ1v) is 8.52. The molecular weight excluding hydrogens is 290 g/mol. The predicted molar refractivity (Wildman–Crippen MR) is 79.2 cm³/mol. The summed E-state index contributed by atoms with van der Waals surface area (Å²) in [6.07, 6.45) is 2.96. The Kier molecular flexibility index (Phi) is 4.48. The molecule has 112 valence electrons. The monoisotopic (exact) mass is 307 g/mol.